The van der Waals surface area contributed by atoms with E-state index in [0.29, 0.717) is 23.5 Å². The van der Waals surface area contributed by atoms with Crippen LogP contribution in [0.4, 0.5) is 11.4 Å². The first-order valence-electron chi connectivity index (χ1n) is 6.79. The van der Waals surface area contributed by atoms with Crippen LogP contribution in [0, 0.1) is 0 Å². The summed E-state index contributed by atoms with van der Waals surface area (Å²) in [6.07, 6.45) is 0.806. The molecule has 1 aliphatic heterocycles. The van der Waals surface area contributed by atoms with Crippen LogP contribution in [-0.2, 0) is 9.47 Å². The summed E-state index contributed by atoms with van der Waals surface area (Å²) in [7, 11) is 0. The molecule has 0 saturated carbocycles. The lowest BCUT2D eigenvalue weighted by Gasteiger charge is -2.26. The quantitative estimate of drug-likeness (QED) is 0.469. The zero-order valence-corrected chi connectivity index (χ0v) is 11.5. The molecule has 6 heteroatoms. The molecule has 0 atom stereocenters. The molecule has 0 radical (unpaired) electrons. The second-order valence-corrected chi connectivity index (χ2v) is 4.79. The summed E-state index contributed by atoms with van der Waals surface area (Å²) in [5, 5.41) is 0. The van der Waals surface area contributed by atoms with E-state index in [1.807, 2.05) is 0 Å². The van der Waals surface area contributed by atoms with Gasteiger partial charge in [-0.05, 0) is 24.6 Å². The van der Waals surface area contributed by atoms with Crippen LogP contribution in [0.25, 0.3) is 0 Å². The predicted octanol–water partition coefficient (Wildman–Crippen LogP) is 0.730. The summed E-state index contributed by atoms with van der Waals surface area (Å²) in [6.45, 7) is 4.75. The number of morpholine rings is 1. The van der Waals surface area contributed by atoms with Gasteiger partial charge in [0.2, 0.25) is 0 Å². The molecule has 20 heavy (non-hydrogen) atoms. The number of benzene rings is 1. The molecule has 1 saturated heterocycles. The van der Waals surface area contributed by atoms with Crippen molar-refractivity contribution in [1.82, 2.24) is 4.90 Å². The molecule has 0 unspecified atom stereocenters. The molecule has 0 bridgehead atoms. The number of anilines is 2. The third-order valence-electron chi connectivity index (χ3n) is 3.25. The van der Waals surface area contributed by atoms with Crippen molar-refractivity contribution < 1.29 is 14.3 Å². The summed E-state index contributed by atoms with van der Waals surface area (Å²) < 4.78 is 10.5. The van der Waals surface area contributed by atoms with Crippen molar-refractivity contribution in [1.29, 1.82) is 0 Å². The monoisotopic (exact) mass is 279 g/mol. The maximum atomic E-state index is 11.9. The highest BCUT2D eigenvalue weighted by Gasteiger charge is 2.12. The Morgan fingerprint density at radius 1 is 1.30 bits per heavy atom. The fourth-order valence-electron chi connectivity index (χ4n) is 2.12. The minimum absolute atomic E-state index is 0.350. The largest absolute Gasteiger partial charge is 0.462 e. The number of hydrogen-bond acceptors (Lipinski definition) is 6. The maximum Gasteiger partial charge on any atom is 0.340 e. The van der Waals surface area contributed by atoms with Crippen LogP contribution < -0.4 is 11.5 Å². The molecule has 1 fully saturated rings. The molecule has 1 aromatic carbocycles. The molecule has 1 heterocycles. The SMILES string of the molecule is Nc1ccc(C(=O)OCCCN2CCOCC2)c(N)c1. The van der Waals surface area contributed by atoms with Crippen molar-refractivity contribution in [2.45, 2.75) is 6.42 Å². The van der Waals surface area contributed by atoms with Gasteiger partial charge in [-0.3, -0.25) is 4.90 Å². The van der Waals surface area contributed by atoms with E-state index in [2.05, 4.69) is 4.90 Å². The van der Waals surface area contributed by atoms with E-state index < -0.39 is 5.97 Å². The standard InChI is InChI=1S/C14H21N3O3/c15-11-2-3-12(13(16)10-11)14(18)20-7-1-4-17-5-8-19-9-6-17/h2-3,10H,1,4-9,15-16H2. The van der Waals surface area contributed by atoms with Crippen LogP contribution in [-0.4, -0.2) is 50.3 Å². The second-order valence-electron chi connectivity index (χ2n) is 4.79. The summed E-state index contributed by atoms with van der Waals surface area (Å²) in [4.78, 5) is 14.2. The first kappa shape index (κ1) is 14.6. The zero-order chi connectivity index (χ0) is 14.4. The van der Waals surface area contributed by atoms with E-state index >= 15 is 0 Å². The predicted molar refractivity (Wildman–Crippen MR) is 77.4 cm³/mol. The molecule has 4 N–H and O–H groups in total. The minimum atomic E-state index is -0.399. The molecule has 6 nitrogen and oxygen atoms in total. The van der Waals surface area contributed by atoms with Crippen molar-refractivity contribution in [3.8, 4) is 0 Å². The summed E-state index contributed by atoms with van der Waals surface area (Å²) in [6, 6.07) is 4.79. The molecule has 0 aliphatic carbocycles. The van der Waals surface area contributed by atoms with Crippen molar-refractivity contribution in [3.05, 3.63) is 23.8 Å². The highest BCUT2D eigenvalue weighted by Crippen LogP contribution is 2.16. The number of carbonyl (C=O) groups is 1. The molecule has 0 amide bonds. The number of esters is 1. The molecular weight excluding hydrogens is 258 g/mol. The number of hydrogen-bond donors (Lipinski definition) is 2. The Morgan fingerprint density at radius 2 is 2.05 bits per heavy atom. The number of ether oxygens (including phenoxy) is 2. The van der Waals surface area contributed by atoms with Gasteiger partial charge in [0.25, 0.3) is 0 Å². The first-order chi connectivity index (χ1) is 9.66. The van der Waals surface area contributed by atoms with E-state index in [9.17, 15) is 4.79 Å². The third kappa shape index (κ3) is 4.11. The van der Waals surface area contributed by atoms with Crippen LogP contribution in [0.2, 0.25) is 0 Å². The van der Waals surface area contributed by atoms with Crippen LogP contribution in [0.5, 0.6) is 0 Å². The van der Waals surface area contributed by atoms with Crippen LogP contribution in [0.1, 0.15) is 16.8 Å². The lowest BCUT2D eigenvalue weighted by Crippen LogP contribution is -2.37. The Balaban J connectivity index is 1.72. The molecule has 1 aromatic rings. The van der Waals surface area contributed by atoms with Gasteiger partial charge in [0.15, 0.2) is 0 Å². The van der Waals surface area contributed by atoms with Gasteiger partial charge in [-0.2, -0.15) is 0 Å². The summed E-state index contributed by atoms with van der Waals surface area (Å²) in [5.41, 5.74) is 12.6. The Labute approximate surface area is 118 Å². The van der Waals surface area contributed by atoms with Gasteiger partial charge in [-0.1, -0.05) is 0 Å². The van der Waals surface area contributed by atoms with Gasteiger partial charge < -0.3 is 20.9 Å². The Hall–Kier alpha value is -1.79. The van der Waals surface area contributed by atoms with Crippen LogP contribution in [0.15, 0.2) is 18.2 Å². The third-order valence-corrected chi connectivity index (χ3v) is 3.25. The minimum Gasteiger partial charge on any atom is -0.462 e. The maximum absolute atomic E-state index is 11.9. The normalized spacial score (nSPS) is 16.0. The first-order valence-corrected chi connectivity index (χ1v) is 6.79. The molecule has 110 valence electrons. The van der Waals surface area contributed by atoms with E-state index in [1.165, 1.54) is 0 Å². The molecular formula is C14H21N3O3. The van der Waals surface area contributed by atoms with Gasteiger partial charge in [-0.25, -0.2) is 4.79 Å². The van der Waals surface area contributed by atoms with E-state index in [0.717, 1.165) is 39.3 Å². The van der Waals surface area contributed by atoms with Gasteiger partial charge in [0.1, 0.15) is 0 Å². The Bertz CT molecular complexity index is 459. The number of nitrogens with two attached hydrogens (primary N) is 2. The van der Waals surface area contributed by atoms with Crippen molar-refractivity contribution in [2.75, 3.05) is 50.9 Å². The van der Waals surface area contributed by atoms with E-state index in [-0.39, 0.29) is 0 Å². The van der Waals surface area contributed by atoms with E-state index in [4.69, 9.17) is 20.9 Å². The molecule has 0 aromatic heterocycles. The number of carbonyl (C=O) groups excluding carboxylic acids is 1. The number of nitrogens with zero attached hydrogens (tertiary/aromatic N) is 1. The molecule has 2 rings (SSSR count). The highest BCUT2D eigenvalue weighted by atomic mass is 16.5. The number of rotatable bonds is 5. The average molecular weight is 279 g/mol. The van der Waals surface area contributed by atoms with Gasteiger partial charge in [-0.15, -0.1) is 0 Å². The molecule has 1 aliphatic rings. The summed E-state index contributed by atoms with van der Waals surface area (Å²) in [5.74, 6) is -0.399. The second kappa shape index (κ2) is 7.12. The van der Waals surface area contributed by atoms with E-state index in [1.54, 1.807) is 18.2 Å². The zero-order valence-electron chi connectivity index (χ0n) is 11.5. The smallest absolute Gasteiger partial charge is 0.340 e. The Kier molecular flexibility index (Phi) is 5.20. The van der Waals surface area contributed by atoms with Crippen molar-refractivity contribution in [2.24, 2.45) is 0 Å². The van der Waals surface area contributed by atoms with Crippen molar-refractivity contribution in [3.63, 3.8) is 0 Å². The fraction of sp³-hybridized carbons (Fsp3) is 0.500. The lowest BCUT2D eigenvalue weighted by atomic mass is 10.1. The Morgan fingerprint density at radius 3 is 2.75 bits per heavy atom. The highest BCUT2D eigenvalue weighted by molar-refractivity contribution is 5.95. The topological polar surface area (TPSA) is 90.8 Å². The molecule has 0 spiro atoms. The number of nitrogen functional groups attached to an aromatic ring is 2. The van der Waals surface area contributed by atoms with Crippen LogP contribution >= 0.6 is 0 Å². The fourth-order valence-corrected chi connectivity index (χ4v) is 2.12. The lowest BCUT2D eigenvalue weighted by molar-refractivity contribution is 0.0299. The van der Waals surface area contributed by atoms with Gasteiger partial charge in [0.05, 0.1) is 25.4 Å². The summed E-state index contributed by atoms with van der Waals surface area (Å²) >= 11 is 0. The average Bonchev–Trinajstić information content (AvgIpc) is 2.44. The van der Waals surface area contributed by atoms with Gasteiger partial charge in [0, 0.05) is 31.0 Å². The van der Waals surface area contributed by atoms with Crippen molar-refractivity contribution >= 4 is 17.3 Å². The van der Waals surface area contributed by atoms with Crippen LogP contribution in [0.3, 0.4) is 0 Å². The van der Waals surface area contributed by atoms with Gasteiger partial charge >= 0.3 is 5.97 Å².